The highest BCUT2D eigenvalue weighted by molar-refractivity contribution is 7.89. The fourth-order valence-corrected chi connectivity index (χ4v) is 5.51. The lowest BCUT2D eigenvalue weighted by Gasteiger charge is -2.41. The van der Waals surface area contributed by atoms with Gasteiger partial charge in [0.05, 0.1) is 7.11 Å². The summed E-state index contributed by atoms with van der Waals surface area (Å²) in [5.74, 6) is 0.467. The third-order valence-corrected chi connectivity index (χ3v) is 6.47. The standard InChI is InChI=1S/C16H24N2O3S/c1-11-7-12(2)16(21-3)15(8-11)22(19,20)18-9-13-5-4-6-14(10-18)17-13/h7-8,13-14,17H,4-6,9-10H2,1-3H3. The van der Waals surface area contributed by atoms with Crippen molar-refractivity contribution in [2.45, 2.75) is 50.1 Å². The smallest absolute Gasteiger partial charge is 0.246 e. The molecule has 0 aliphatic carbocycles. The molecule has 2 fully saturated rings. The van der Waals surface area contributed by atoms with E-state index in [1.54, 1.807) is 10.4 Å². The van der Waals surface area contributed by atoms with Crippen molar-refractivity contribution in [1.82, 2.24) is 9.62 Å². The van der Waals surface area contributed by atoms with Crippen LogP contribution in [0.2, 0.25) is 0 Å². The van der Waals surface area contributed by atoms with Gasteiger partial charge >= 0.3 is 0 Å². The summed E-state index contributed by atoms with van der Waals surface area (Å²) in [6, 6.07) is 4.22. The molecule has 3 rings (SSSR count). The monoisotopic (exact) mass is 324 g/mol. The SMILES string of the molecule is COc1c(C)cc(C)cc1S(=O)(=O)N1CC2CCCC(C1)N2. The third-order valence-electron chi connectivity index (χ3n) is 4.63. The van der Waals surface area contributed by atoms with E-state index in [9.17, 15) is 8.42 Å². The van der Waals surface area contributed by atoms with Crippen molar-refractivity contribution in [3.8, 4) is 5.75 Å². The second kappa shape index (κ2) is 5.83. The molecular weight excluding hydrogens is 300 g/mol. The number of benzene rings is 1. The van der Waals surface area contributed by atoms with E-state index in [0.29, 0.717) is 23.7 Å². The second-order valence-corrected chi connectivity index (χ2v) is 8.33. The summed E-state index contributed by atoms with van der Waals surface area (Å²) >= 11 is 0. The highest BCUT2D eigenvalue weighted by atomic mass is 32.2. The van der Waals surface area contributed by atoms with Gasteiger partial charge in [-0.25, -0.2) is 8.42 Å². The quantitative estimate of drug-likeness (QED) is 0.921. The van der Waals surface area contributed by atoms with Gasteiger partial charge in [-0.05, 0) is 43.9 Å². The van der Waals surface area contributed by atoms with Crippen LogP contribution in [0, 0.1) is 13.8 Å². The first-order valence-corrected chi connectivity index (χ1v) is 9.27. The van der Waals surface area contributed by atoms with Crippen molar-refractivity contribution in [2.75, 3.05) is 20.2 Å². The van der Waals surface area contributed by atoms with E-state index in [1.807, 2.05) is 19.9 Å². The van der Waals surface area contributed by atoms with Crippen LogP contribution in [0.3, 0.4) is 0 Å². The molecule has 0 spiro atoms. The minimum Gasteiger partial charge on any atom is -0.495 e. The van der Waals surface area contributed by atoms with Crippen molar-refractivity contribution >= 4 is 10.0 Å². The number of piperidine rings is 1. The number of piperazine rings is 1. The zero-order chi connectivity index (χ0) is 15.9. The van der Waals surface area contributed by atoms with E-state index in [2.05, 4.69) is 5.32 Å². The Hall–Kier alpha value is -1.11. The molecule has 5 nitrogen and oxygen atoms in total. The number of rotatable bonds is 3. The largest absolute Gasteiger partial charge is 0.495 e. The van der Waals surface area contributed by atoms with Crippen LogP contribution in [0.1, 0.15) is 30.4 Å². The van der Waals surface area contributed by atoms with E-state index in [0.717, 1.165) is 24.0 Å². The molecule has 2 unspecified atom stereocenters. The number of aryl methyl sites for hydroxylation is 2. The minimum absolute atomic E-state index is 0.277. The Balaban J connectivity index is 2.00. The average molecular weight is 324 g/mol. The molecule has 2 heterocycles. The Morgan fingerprint density at radius 3 is 2.41 bits per heavy atom. The molecule has 0 aromatic heterocycles. The first kappa shape index (κ1) is 15.8. The second-order valence-electron chi connectivity index (χ2n) is 6.43. The van der Waals surface area contributed by atoms with Gasteiger partial charge in [-0.1, -0.05) is 12.5 Å². The highest BCUT2D eigenvalue weighted by Crippen LogP contribution is 2.33. The Bertz CT molecular complexity index is 660. The number of hydrogen-bond donors (Lipinski definition) is 1. The van der Waals surface area contributed by atoms with Crippen molar-refractivity contribution in [2.24, 2.45) is 0 Å². The summed E-state index contributed by atoms with van der Waals surface area (Å²) in [6.07, 6.45) is 3.28. The molecule has 122 valence electrons. The van der Waals surface area contributed by atoms with Gasteiger partial charge in [0.2, 0.25) is 10.0 Å². The molecular formula is C16H24N2O3S. The number of ether oxygens (including phenoxy) is 1. The number of sulfonamides is 1. The first-order valence-electron chi connectivity index (χ1n) is 7.83. The number of nitrogens with zero attached hydrogens (tertiary/aromatic N) is 1. The van der Waals surface area contributed by atoms with Gasteiger partial charge in [0.15, 0.2) is 0 Å². The topological polar surface area (TPSA) is 58.6 Å². The molecule has 22 heavy (non-hydrogen) atoms. The maximum absolute atomic E-state index is 13.1. The number of methoxy groups -OCH3 is 1. The van der Waals surface area contributed by atoms with Gasteiger partial charge in [-0.2, -0.15) is 4.31 Å². The van der Waals surface area contributed by atoms with E-state index < -0.39 is 10.0 Å². The number of fused-ring (bicyclic) bond motifs is 2. The molecule has 6 heteroatoms. The van der Waals surface area contributed by atoms with Crippen molar-refractivity contribution in [1.29, 1.82) is 0 Å². The summed E-state index contributed by atoms with van der Waals surface area (Å²) in [7, 11) is -1.99. The van der Waals surface area contributed by atoms with Gasteiger partial charge in [0.25, 0.3) is 0 Å². The van der Waals surface area contributed by atoms with Crippen LogP contribution in [-0.4, -0.2) is 45.0 Å². The molecule has 0 amide bonds. The van der Waals surface area contributed by atoms with Crippen LogP contribution < -0.4 is 10.1 Å². The first-order chi connectivity index (χ1) is 10.4. The molecule has 1 aromatic carbocycles. The van der Waals surface area contributed by atoms with Crippen molar-refractivity contribution in [3.63, 3.8) is 0 Å². The van der Waals surface area contributed by atoms with E-state index in [4.69, 9.17) is 4.74 Å². The van der Waals surface area contributed by atoms with E-state index in [-0.39, 0.29) is 12.1 Å². The fourth-order valence-electron chi connectivity index (χ4n) is 3.67. The van der Waals surface area contributed by atoms with Gasteiger partial charge < -0.3 is 10.1 Å². The summed E-state index contributed by atoms with van der Waals surface area (Å²) in [5, 5.41) is 3.52. The lowest BCUT2D eigenvalue weighted by atomic mass is 9.96. The zero-order valence-corrected chi connectivity index (χ0v) is 14.2. The fraction of sp³-hybridized carbons (Fsp3) is 0.625. The van der Waals surface area contributed by atoms with Gasteiger partial charge in [0.1, 0.15) is 10.6 Å². The predicted molar refractivity (Wildman–Crippen MR) is 85.8 cm³/mol. The lowest BCUT2D eigenvalue weighted by molar-refractivity contribution is 0.190. The summed E-state index contributed by atoms with van der Waals surface area (Å²) in [4.78, 5) is 0.299. The zero-order valence-electron chi connectivity index (χ0n) is 13.4. The Morgan fingerprint density at radius 1 is 1.18 bits per heavy atom. The maximum atomic E-state index is 13.1. The normalized spacial score (nSPS) is 26.0. The van der Waals surface area contributed by atoms with Crippen LogP contribution in [0.25, 0.3) is 0 Å². The summed E-state index contributed by atoms with van der Waals surface area (Å²) in [6.45, 7) is 4.90. The molecule has 2 aliphatic rings. The molecule has 2 aliphatic heterocycles. The van der Waals surface area contributed by atoms with Gasteiger partial charge in [0, 0.05) is 25.2 Å². The Labute approximate surface area is 132 Å². The Morgan fingerprint density at radius 2 is 1.82 bits per heavy atom. The van der Waals surface area contributed by atoms with E-state index in [1.165, 1.54) is 13.5 Å². The molecule has 2 atom stereocenters. The molecule has 1 N–H and O–H groups in total. The third kappa shape index (κ3) is 2.75. The van der Waals surface area contributed by atoms with Crippen LogP contribution in [0.5, 0.6) is 5.75 Å². The van der Waals surface area contributed by atoms with Crippen LogP contribution in [0.15, 0.2) is 17.0 Å². The molecule has 2 bridgehead atoms. The minimum atomic E-state index is -3.52. The van der Waals surface area contributed by atoms with E-state index >= 15 is 0 Å². The highest BCUT2D eigenvalue weighted by Gasteiger charge is 2.37. The van der Waals surface area contributed by atoms with Gasteiger partial charge in [-0.15, -0.1) is 0 Å². The summed E-state index contributed by atoms with van der Waals surface area (Å²) in [5.41, 5.74) is 1.80. The van der Waals surface area contributed by atoms with Crippen LogP contribution >= 0.6 is 0 Å². The van der Waals surface area contributed by atoms with Crippen LogP contribution in [-0.2, 0) is 10.0 Å². The predicted octanol–water partition coefficient (Wildman–Crippen LogP) is 1.83. The molecule has 2 saturated heterocycles. The van der Waals surface area contributed by atoms with Gasteiger partial charge in [-0.3, -0.25) is 0 Å². The van der Waals surface area contributed by atoms with Crippen LogP contribution in [0.4, 0.5) is 0 Å². The molecule has 0 saturated carbocycles. The Kier molecular flexibility index (Phi) is 4.18. The molecule has 1 aromatic rings. The summed E-state index contributed by atoms with van der Waals surface area (Å²) < 4.78 is 33.3. The average Bonchev–Trinajstić information content (AvgIpc) is 2.46. The number of nitrogens with one attached hydrogen (secondary N) is 1. The maximum Gasteiger partial charge on any atom is 0.246 e. The lowest BCUT2D eigenvalue weighted by Crippen LogP contribution is -2.59. The number of hydrogen-bond acceptors (Lipinski definition) is 4. The van der Waals surface area contributed by atoms with Crippen molar-refractivity contribution < 1.29 is 13.2 Å². The van der Waals surface area contributed by atoms with Crippen molar-refractivity contribution in [3.05, 3.63) is 23.3 Å². The molecule has 0 radical (unpaired) electrons.